The molecule has 0 fully saturated rings. The highest BCUT2D eigenvalue weighted by atomic mass is 32.2. The molecule has 0 aromatic heterocycles. The summed E-state index contributed by atoms with van der Waals surface area (Å²) in [6.07, 6.45) is 0. The second-order valence-corrected chi connectivity index (χ2v) is 8.15. The lowest BCUT2D eigenvalue weighted by molar-refractivity contribution is 0.336. The second-order valence-electron chi connectivity index (χ2n) is 6.26. The first-order valence-corrected chi connectivity index (χ1v) is 10.1. The number of rotatable bonds is 6. The number of hydrogen-bond acceptors (Lipinski definition) is 3. The molecule has 5 heteroatoms. The van der Waals surface area contributed by atoms with Crippen LogP contribution in [0.2, 0.25) is 0 Å². The Morgan fingerprint density at radius 1 is 0.926 bits per heavy atom. The molecule has 0 heterocycles. The number of hydrogen-bond donors (Lipinski definition) is 0. The normalized spacial score (nSPS) is 12.5. The summed E-state index contributed by atoms with van der Waals surface area (Å²) in [5.74, 6) is 0. The predicted octanol–water partition coefficient (Wildman–Crippen LogP) is 4.51. The van der Waals surface area contributed by atoms with Gasteiger partial charge in [-0.1, -0.05) is 66.7 Å². The minimum absolute atomic E-state index is 0.125. The van der Waals surface area contributed by atoms with Gasteiger partial charge in [0.05, 0.1) is 16.5 Å². The Kier molecular flexibility index (Phi) is 5.70. The highest BCUT2D eigenvalue weighted by Crippen LogP contribution is 2.29. The zero-order valence-corrected chi connectivity index (χ0v) is 15.8. The van der Waals surface area contributed by atoms with Crippen molar-refractivity contribution in [1.82, 2.24) is 4.31 Å². The lowest BCUT2D eigenvalue weighted by Crippen LogP contribution is -2.33. The molecule has 0 amide bonds. The molecule has 3 aromatic rings. The van der Waals surface area contributed by atoms with Crippen LogP contribution in [0.5, 0.6) is 0 Å². The maximum absolute atomic E-state index is 13.4. The van der Waals surface area contributed by atoms with Gasteiger partial charge in [-0.25, -0.2) is 8.42 Å². The molecule has 3 aromatic carbocycles. The van der Waals surface area contributed by atoms with Crippen LogP contribution in [-0.4, -0.2) is 12.7 Å². The van der Waals surface area contributed by atoms with Crippen molar-refractivity contribution in [2.45, 2.75) is 24.4 Å². The third kappa shape index (κ3) is 4.25. The van der Waals surface area contributed by atoms with E-state index < -0.39 is 10.0 Å². The van der Waals surface area contributed by atoms with Crippen molar-refractivity contribution in [3.8, 4) is 6.07 Å². The van der Waals surface area contributed by atoms with Gasteiger partial charge in [0.15, 0.2) is 0 Å². The van der Waals surface area contributed by atoms with Gasteiger partial charge in [-0.2, -0.15) is 9.57 Å². The van der Waals surface area contributed by atoms with E-state index in [-0.39, 0.29) is 17.5 Å². The Labute approximate surface area is 160 Å². The van der Waals surface area contributed by atoms with Gasteiger partial charge in [0.25, 0.3) is 0 Å². The van der Waals surface area contributed by atoms with Gasteiger partial charge in [0.1, 0.15) is 0 Å². The minimum Gasteiger partial charge on any atom is -0.207 e. The number of nitrogens with zero attached hydrogens (tertiary/aromatic N) is 2. The van der Waals surface area contributed by atoms with Crippen molar-refractivity contribution in [2.24, 2.45) is 0 Å². The number of sulfonamides is 1. The summed E-state index contributed by atoms with van der Waals surface area (Å²) in [5.41, 5.74) is 2.14. The highest BCUT2D eigenvalue weighted by Gasteiger charge is 2.30. The van der Waals surface area contributed by atoms with Gasteiger partial charge < -0.3 is 0 Å². The molecule has 1 atom stereocenters. The first-order chi connectivity index (χ1) is 13.0. The molecule has 0 N–H and O–H groups in total. The average molecular weight is 376 g/mol. The van der Waals surface area contributed by atoms with Crippen LogP contribution >= 0.6 is 0 Å². The average Bonchev–Trinajstić information content (AvgIpc) is 2.73. The van der Waals surface area contributed by atoms with Gasteiger partial charge in [0, 0.05) is 12.6 Å². The van der Waals surface area contributed by atoms with Crippen LogP contribution < -0.4 is 0 Å². The van der Waals surface area contributed by atoms with E-state index in [1.54, 1.807) is 12.1 Å². The topological polar surface area (TPSA) is 61.2 Å². The zero-order chi connectivity index (χ0) is 19.3. The Morgan fingerprint density at radius 2 is 1.56 bits per heavy atom. The van der Waals surface area contributed by atoms with Crippen LogP contribution in [0.1, 0.15) is 29.7 Å². The van der Waals surface area contributed by atoms with E-state index in [0.29, 0.717) is 5.56 Å². The van der Waals surface area contributed by atoms with E-state index in [1.807, 2.05) is 73.7 Å². The van der Waals surface area contributed by atoms with Crippen molar-refractivity contribution >= 4 is 10.0 Å². The Balaban J connectivity index is 2.06. The molecule has 3 rings (SSSR count). The van der Waals surface area contributed by atoms with Gasteiger partial charge in [0.2, 0.25) is 10.0 Å². The van der Waals surface area contributed by atoms with Crippen LogP contribution in [0.15, 0.2) is 89.8 Å². The van der Waals surface area contributed by atoms with Crippen molar-refractivity contribution in [2.75, 3.05) is 0 Å². The fraction of sp³-hybridized carbons (Fsp3) is 0.136. The standard InChI is InChI=1S/C22H20N2O2S/c1-18(21-12-6-3-7-13-21)24(17-19-9-4-2-5-10-19)27(25,26)22-14-8-11-20(15-22)16-23/h2-15,18H,17H2,1H3. The van der Waals surface area contributed by atoms with Crippen molar-refractivity contribution in [1.29, 1.82) is 5.26 Å². The van der Waals surface area contributed by atoms with E-state index in [1.165, 1.54) is 16.4 Å². The second kappa shape index (κ2) is 8.17. The molecule has 0 saturated carbocycles. The van der Waals surface area contributed by atoms with E-state index in [0.717, 1.165) is 11.1 Å². The predicted molar refractivity (Wildman–Crippen MR) is 105 cm³/mol. The van der Waals surface area contributed by atoms with E-state index >= 15 is 0 Å². The summed E-state index contributed by atoms with van der Waals surface area (Å²) in [5, 5.41) is 9.13. The zero-order valence-electron chi connectivity index (χ0n) is 15.0. The van der Waals surface area contributed by atoms with Crippen LogP contribution in [0.3, 0.4) is 0 Å². The first kappa shape index (κ1) is 18.8. The van der Waals surface area contributed by atoms with Gasteiger partial charge >= 0.3 is 0 Å². The lowest BCUT2D eigenvalue weighted by atomic mass is 10.1. The SMILES string of the molecule is CC(c1ccccc1)N(Cc1ccccc1)S(=O)(=O)c1cccc(C#N)c1. The number of nitriles is 1. The number of benzene rings is 3. The summed E-state index contributed by atoms with van der Waals surface area (Å²) >= 11 is 0. The Bertz CT molecular complexity index is 1040. The summed E-state index contributed by atoms with van der Waals surface area (Å²) in [6, 6.07) is 26.8. The third-order valence-electron chi connectivity index (χ3n) is 4.46. The maximum atomic E-state index is 13.4. The molecule has 27 heavy (non-hydrogen) atoms. The monoisotopic (exact) mass is 376 g/mol. The van der Waals surface area contributed by atoms with E-state index in [2.05, 4.69) is 0 Å². The highest BCUT2D eigenvalue weighted by molar-refractivity contribution is 7.89. The van der Waals surface area contributed by atoms with E-state index in [9.17, 15) is 8.42 Å². The molecule has 136 valence electrons. The molecule has 0 aliphatic rings. The van der Waals surface area contributed by atoms with Gasteiger partial charge in [-0.3, -0.25) is 0 Å². The fourth-order valence-corrected chi connectivity index (χ4v) is 4.61. The molecule has 0 aliphatic heterocycles. The smallest absolute Gasteiger partial charge is 0.207 e. The third-order valence-corrected chi connectivity index (χ3v) is 6.38. The molecule has 4 nitrogen and oxygen atoms in total. The molecule has 0 spiro atoms. The summed E-state index contributed by atoms with van der Waals surface area (Å²) in [4.78, 5) is 0.125. The van der Waals surface area contributed by atoms with Crippen molar-refractivity contribution in [3.63, 3.8) is 0 Å². The Morgan fingerprint density at radius 3 is 2.19 bits per heavy atom. The minimum atomic E-state index is -3.80. The van der Waals surface area contributed by atoms with E-state index in [4.69, 9.17) is 5.26 Å². The molecule has 0 aliphatic carbocycles. The molecule has 0 radical (unpaired) electrons. The lowest BCUT2D eigenvalue weighted by Gasteiger charge is -2.29. The van der Waals surface area contributed by atoms with Gasteiger partial charge in [-0.15, -0.1) is 0 Å². The molecule has 0 saturated heterocycles. The Hall–Kier alpha value is -2.94. The quantitative estimate of drug-likeness (QED) is 0.636. The van der Waals surface area contributed by atoms with Gasteiger partial charge in [-0.05, 0) is 36.2 Å². The first-order valence-electron chi connectivity index (χ1n) is 8.63. The molecule has 1 unspecified atom stereocenters. The maximum Gasteiger partial charge on any atom is 0.243 e. The van der Waals surface area contributed by atoms with Crippen LogP contribution in [0.25, 0.3) is 0 Å². The summed E-state index contributed by atoms with van der Waals surface area (Å²) in [7, 11) is -3.80. The van der Waals surface area contributed by atoms with Crippen LogP contribution in [0.4, 0.5) is 0 Å². The molecular formula is C22H20N2O2S. The summed E-state index contributed by atoms with van der Waals surface area (Å²) in [6.45, 7) is 2.12. The van der Waals surface area contributed by atoms with Crippen molar-refractivity contribution in [3.05, 3.63) is 102 Å². The fourth-order valence-electron chi connectivity index (χ4n) is 2.95. The largest absolute Gasteiger partial charge is 0.243 e. The molecule has 0 bridgehead atoms. The molecular weight excluding hydrogens is 356 g/mol. The van der Waals surface area contributed by atoms with Crippen LogP contribution in [-0.2, 0) is 16.6 Å². The summed E-state index contributed by atoms with van der Waals surface area (Å²) < 4.78 is 28.4. The van der Waals surface area contributed by atoms with Crippen molar-refractivity contribution < 1.29 is 8.42 Å². The van der Waals surface area contributed by atoms with Crippen LogP contribution in [0, 0.1) is 11.3 Å².